The number of aromatic nitrogens is 3. The Bertz CT molecular complexity index is 1030. The number of likely N-dealkylation sites (tertiary alicyclic amines) is 1. The fourth-order valence-corrected chi connectivity index (χ4v) is 4.83. The Morgan fingerprint density at radius 1 is 1.10 bits per heavy atom. The van der Waals surface area contributed by atoms with Crippen LogP contribution in [0.1, 0.15) is 66.3 Å². The van der Waals surface area contributed by atoms with Gasteiger partial charge in [0.25, 0.3) is 0 Å². The predicted octanol–water partition coefficient (Wildman–Crippen LogP) is 4.21. The molecule has 0 spiro atoms. The van der Waals surface area contributed by atoms with Gasteiger partial charge in [0.05, 0.1) is 12.3 Å². The summed E-state index contributed by atoms with van der Waals surface area (Å²) in [5.41, 5.74) is 1.86. The Morgan fingerprint density at radius 3 is 2.61 bits per heavy atom. The summed E-state index contributed by atoms with van der Waals surface area (Å²) in [7, 11) is 0. The maximum Gasteiger partial charge on any atom is 0.232 e. The highest BCUT2D eigenvalue weighted by molar-refractivity contribution is 5.79. The minimum atomic E-state index is -0.302. The van der Waals surface area contributed by atoms with Crippen LogP contribution in [0.2, 0.25) is 0 Å². The van der Waals surface area contributed by atoms with Crippen molar-refractivity contribution in [2.75, 3.05) is 13.1 Å². The third kappa shape index (κ3) is 4.22. The van der Waals surface area contributed by atoms with Crippen LogP contribution in [0.4, 0.5) is 4.39 Å². The van der Waals surface area contributed by atoms with E-state index < -0.39 is 0 Å². The van der Waals surface area contributed by atoms with Gasteiger partial charge in [-0.25, -0.2) is 4.39 Å². The van der Waals surface area contributed by atoms with Crippen LogP contribution in [-0.4, -0.2) is 39.0 Å². The lowest BCUT2D eigenvalue weighted by atomic mass is 9.90. The van der Waals surface area contributed by atoms with Crippen LogP contribution in [-0.2, 0) is 11.2 Å². The van der Waals surface area contributed by atoms with Gasteiger partial charge >= 0.3 is 0 Å². The number of hydrogen-bond acceptors (Lipinski definition) is 5. The molecular weight excluding hydrogens is 395 g/mol. The molecular formula is C24H25FN4O2. The third-order valence-corrected chi connectivity index (χ3v) is 6.55. The number of benzene rings is 1. The van der Waals surface area contributed by atoms with Gasteiger partial charge in [0.15, 0.2) is 5.82 Å². The SMILES string of the molecule is O=C(Cc1ccc(F)cc1)N1CC(c2cccnc2)C(c2nc(C3CCCC3)no2)C1. The first-order valence-corrected chi connectivity index (χ1v) is 10.9. The molecule has 31 heavy (non-hydrogen) atoms. The molecule has 0 radical (unpaired) electrons. The lowest BCUT2D eigenvalue weighted by Gasteiger charge is -2.16. The van der Waals surface area contributed by atoms with E-state index in [1.54, 1.807) is 18.3 Å². The van der Waals surface area contributed by atoms with Gasteiger partial charge in [0, 0.05) is 37.3 Å². The zero-order chi connectivity index (χ0) is 21.2. The van der Waals surface area contributed by atoms with Crippen LogP contribution in [0.25, 0.3) is 0 Å². The third-order valence-electron chi connectivity index (χ3n) is 6.55. The molecule has 1 saturated heterocycles. The average molecular weight is 420 g/mol. The average Bonchev–Trinajstić information content (AvgIpc) is 3.55. The van der Waals surface area contributed by atoms with Gasteiger partial charge in [0.2, 0.25) is 11.8 Å². The maximum absolute atomic E-state index is 13.2. The van der Waals surface area contributed by atoms with E-state index in [4.69, 9.17) is 9.51 Å². The number of hydrogen-bond donors (Lipinski definition) is 0. The molecule has 2 unspecified atom stereocenters. The summed E-state index contributed by atoms with van der Waals surface area (Å²) >= 11 is 0. The number of carbonyl (C=O) groups is 1. The van der Waals surface area contributed by atoms with Crippen molar-refractivity contribution in [2.24, 2.45) is 0 Å². The highest BCUT2D eigenvalue weighted by Crippen LogP contribution is 2.40. The van der Waals surface area contributed by atoms with E-state index in [-0.39, 0.29) is 30.0 Å². The molecule has 3 heterocycles. The zero-order valence-electron chi connectivity index (χ0n) is 17.3. The highest BCUT2D eigenvalue weighted by Gasteiger charge is 2.40. The molecule has 2 fully saturated rings. The van der Waals surface area contributed by atoms with Crippen LogP contribution in [0.5, 0.6) is 0 Å². The summed E-state index contributed by atoms with van der Waals surface area (Å²) in [6.45, 7) is 1.09. The van der Waals surface area contributed by atoms with Crippen LogP contribution >= 0.6 is 0 Å². The van der Waals surface area contributed by atoms with E-state index in [0.717, 1.165) is 29.8 Å². The van der Waals surface area contributed by atoms with Crippen molar-refractivity contribution in [3.8, 4) is 0 Å². The normalized spacial score (nSPS) is 21.6. The molecule has 0 N–H and O–H groups in total. The van der Waals surface area contributed by atoms with Crippen LogP contribution in [0.3, 0.4) is 0 Å². The molecule has 1 saturated carbocycles. The molecule has 1 aromatic carbocycles. The quantitative estimate of drug-likeness (QED) is 0.618. The monoisotopic (exact) mass is 420 g/mol. The maximum atomic E-state index is 13.2. The van der Waals surface area contributed by atoms with E-state index in [0.29, 0.717) is 24.9 Å². The summed E-state index contributed by atoms with van der Waals surface area (Å²) in [6.07, 6.45) is 8.47. The first-order valence-electron chi connectivity index (χ1n) is 10.9. The molecule has 5 rings (SSSR count). The second-order valence-corrected chi connectivity index (χ2v) is 8.57. The number of pyridine rings is 1. The second-order valence-electron chi connectivity index (χ2n) is 8.57. The molecule has 2 atom stereocenters. The van der Waals surface area contributed by atoms with Crippen molar-refractivity contribution >= 4 is 5.91 Å². The molecule has 2 aliphatic rings. The van der Waals surface area contributed by atoms with Gasteiger partial charge in [-0.3, -0.25) is 9.78 Å². The standard InChI is InChI=1S/C24H25FN4O2/c25-19-9-7-16(8-10-19)12-22(30)29-14-20(18-6-3-11-26-13-18)21(15-29)24-27-23(28-31-24)17-4-1-2-5-17/h3,6-11,13,17,20-21H,1-2,4-5,12,14-15H2. The Balaban J connectivity index is 1.37. The van der Waals surface area contributed by atoms with Crippen LogP contribution in [0.15, 0.2) is 53.3 Å². The fourth-order valence-electron chi connectivity index (χ4n) is 4.83. The Kier molecular flexibility index (Phi) is 5.49. The number of amides is 1. The lowest BCUT2D eigenvalue weighted by molar-refractivity contribution is -0.129. The van der Waals surface area contributed by atoms with E-state index in [2.05, 4.69) is 10.1 Å². The molecule has 0 bridgehead atoms. The van der Waals surface area contributed by atoms with E-state index >= 15 is 0 Å². The molecule has 7 heteroatoms. The topological polar surface area (TPSA) is 72.1 Å². The first-order chi connectivity index (χ1) is 15.2. The van der Waals surface area contributed by atoms with Crippen LogP contribution in [0, 0.1) is 5.82 Å². The number of halogens is 1. The van der Waals surface area contributed by atoms with E-state index in [1.165, 1.54) is 25.0 Å². The molecule has 2 aromatic heterocycles. The van der Waals surface area contributed by atoms with Gasteiger partial charge < -0.3 is 9.42 Å². The van der Waals surface area contributed by atoms with E-state index in [9.17, 15) is 9.18 Å². The smallest absolute Gasteiger partial charge is 0.232 e. The highest BCUT2D eigenvalue weighted by atomic mass is 19.1. The Morgan fingerprint density at radius 2 is 1.87 bits per heavy atom. The first kappa shape index (κ1) is 19.8. The Hall–Kier alpha value is -3.09. The largest absolute Gasteiger partial charge is 0.341 e. The van der Waals surface area contributed by atoms with E-state index in [1.807, 2.05) is 23.2 Å². The summed E-state index contributed by atoms with van der Waals surface area (Å²) in [5.74, 6) is 1.47. The number of carbonyl (C=O) groups excluding carboxylic acids is 1. The zero-order valence-corrected chi connectivity index (χ0v) is 17.3. The number of rotatable bonds is 5. The van der Waals surface area contributed by atoms with Gasteiger partial charge in [-0.2, -0.15) is 4.98 Å². The molecule has 1 aliphatic carbocycles. The fraction of sp³-hybridized carbons (Fsp3) is 0.417. The molecule has 1 aliphatic heterocycles. The minimum absolute atomic E-state index is 0.0125. The summed E-state index contributed by atoms with van der Waals surface area (Å²) in [5, 5.41) is 4.28. The van der Waals surface area contributed by atoms with Crippen molar-refractivity contribution in [2.45, 2.75) is 49.9 Å². The molecule has 1 amide bonds. The van der Waals surface area contributed by atoms with Gasteiger partial charge in [-0.05, 0) is 42.2 Å². The summed E-state index contributed by atoms with van der Waals surface area (Å²) < 4.78 is 18.9. The van der Waals surface area contributed by atoms with Crippen molar-refractivity contribution in [3.63, 3.8) is 0 Å². The lowest BCUT2D eigenvalue weighted by Crippen LogP contribution is -2.30. The van der Waals surface area contributed by atoms with Gasteiger partial charge in [0.1, 0.15) is 5.82 Å². The van der Waals surface area contributed by atoms with Crippen molar-refractivity contribution in [1.82, 2.24) is 20.0 Å². The minimum Gasteiger partial charge on any atom is -0.341 e. The van der Waals surface area contributed by atoms with Gasteiger partial charge in [-0.15, -0.1) is 0 Å². The number of nitrogens with zero attached hydrogens (tertiary/aromatic N) is 4. The predicted molar refractivity (Wildman–Crippen MR) is 112 cm³/mol. The van der Waals surface area contributed by atoms with Gasteiger partial charge in [-0.1, -0.05) is 36.2 Å². The molecule has 6 nitrogen and oxygen atoms in total. The molecule has 160 valence electrons. The van der Waals surface area contributed by atoms with Crippen molar-refractivity contribution < 1.29 is 13.7 Å². The van der Waals surface area contributed by atoms with Crippen molar-refractivity contribution in [1.29, 1.82) is 0 Å². The molecule has 3 aromatic rings. The summed E-state index contributed by atoms with van der Waals surface area (Å²) in [4.78, 5) is 23.9. The van der Waals surface area contributed by atoms with Crippen molar-refractivity contribution in [3.05, 3.63) is 77.5 Å². The summed E-state index contributed by atoms with van der Waals surface area (Å²) in [6, 6.07) is 10.0. The Labute approximate surface area is 180 Å². The van der Waals surface area contributed by atoms with Crippen LogP contribution < -0.4 is 0 Å². The second kappa shape index (κ2) is 8.57.